The van der Waals surface area contributed by atoms with Crippen LogP contribution in [0.15, 0.2) is 48.7 Å². The van der Waals surface area contributed by atoms with E-state index in [0.717, 1.165) is 23.0 Å². The van der Waals surface area contributed by atoms with E-state index in [9.17, 15) is 10.1 Å². The third-order valence-corrected chi connectivity index (χ3v) is 3.91. The van der Waals surface area contributed by atoms with E-state index in [1.54, 1.807) is 30.5 Å². The molecule has 0 fully saturated rings. The first-order valence-corrected chi connectivity index (χ1v) is 7.86. The number of nitrogens with two attached hydrogens (primary N) is 1. The van der Waals surface area contributed by atoms with Crippen molar-refractivity contribution in [2.45, 2.75) is 6.42 Å². The summed E-state index contributed by atoms with van der Waals surface area (Å²) < 4.78 is 7.51. The third-order valence-electron chi connectivity index (χ3n) is 3.91. The first kappa shape index (κ1) is 19.3. The van der Waals surface area contributed by atoms with Crippen LogP contribution < -0.4 is 10.5 Å². The van der Waals surface area contributed by atoms with Crippen molar-refractivity contribution in [3.8, 4) is 17.5 Å². The molecule has 0 radical (unpaired) electrons. The fourth-order valence-corrected chi connectivity index (χ4v) is 2.64. The predicted molar refractivity (Wildman–Crippen MR) is 101 cm³/mol. The molecule has 134 valence electrons. The molecule has 0 bridgehead atoms. The summed E-state index contributed by atoms with van der Waals surface area (Å²) in [5.41, 5.74) is 7.85. The van der Waals surface area contributed by atoms with Crippen molar-refractivity contribution in [2.24, 2.45) is 5.73 Å². The molecule has 1 heterocycles. The molecule has 0 saturated heterocycles. The Hall–Kier alpha value is -3.01. The highest BCUT2D eigenvalue weighted by Crippen LogP contribution is 2.28. The van der Waals surface area contributed by atoms with Crippen LogP contribution in [0.3, 0.4) is 0 Å². The Bertz CT molecular complexity index is 959. The summed E-state index contributed by atoms with van der Waals surface area (Å²) in [6.07, 6.45) is 2.50. The second-order valence-electron chi connectivity index (χ2n) is 5.55. The zero-order valence-corrected chi connectivity index (χ0v) is 14.7. The normalized spacial score (nSPS) is 10.2. The van der Waals surface area contributed by atoms with Crippen molar-refractivity contribution in [3.05, 3.63) is 59.8 Å². The maximum absolute atomic E-state index is 11.0. The number of nitriles is 1. The van der Waals surface area contributed by atoms with E-state index in [1.807, 2.05) is 22.8 Å². The van der Waals surface area contributed by atoms with Crippen LogP contribution >= 0.6 is 12.4 Å². The lowest BCUT2D eigenvalue weighted by molar-refractivity contribution is 0.0697. The van der Waals surface area contributed by atoms with Crippen LogP contribution in [0.4, 0.5) is 0 Å². The highest BCUT2D eigenvalue weighted by Gasteiger charge is 2.12. The van der Waals surface area contributed by atoms with Gasteiger partial charge in [-0.1, -0.05) is 0 Å². The molecule has 0 aliphatic rings. The molecule has 6 nitrogen and oxygen atoms in total. The maximum Gasteiger partial charge on any atom is 0.335 e. The van der Waals surface area contributed by atoms with Gasteiger partial charge in [0.1, 0.15) is 11.8 Å². The number of halogens is 1. The Balaban J connectivity index is 0.00000243. The van der Waals surface area contributed by atoms with Crippen LogP contribution in [0.5, 0.6) is 5.75 Å². The van der Waals surface area contributed by atoms with Gasteiger partial charge in [0.2, 0.25) is 0 Å². The summed E-state index contributed by atoms with van der Waals surface area (Å²) in [5, 5.41) is 19.2. The number of ether oxygens (including phenoxy) is 1. The number of nitrogens with zero attached hydrogens (tertiary/aromatic N) is 2. The van der Waals surface area contributed by atoms with Gasteiger partial charge in [-0.2, -0.15) is 5.26 Å². The van der Waals surface area contributed by atoms with Gasteiger partial charge < -0.3 is 20.1 Å². The number of fused-ring (bicyclic) bond motifs is 1. The SMILES string of the molecule is Cl.N#Cc1cn(-c2ccc(C(=O)O)cc2)c2ccc(OCCCN)cc12. The molecule has 0 aliphatic heterocycles. The number of hydrogen-bond donors (Lipinski definition) is 2. The third kappa shape index (κ3) is 3.80. The van der Waals surface area contributed by atoms with Gasteiger partial charge >= 0.3 is 5.97 Å². The molecular weight excluding hydrogens is 354 g/mol. The van der Waals surface area contributed by atoms with Gasteiger partial charge in [0.05, 0.1) is 23.3 Å². The molecule has 0 saturated carbocycles. The smallest absolute Gasteiger partial charge is 0.335 e. The Morgan fingerprint density at radius 3 is 2.58 bits per heavy atom. The number of benzene rings is 2. The van der Waals surface area contributed by atoms with E-state index in [4.69, 9.17) is 15.6 Å². The van der Waals surface area contributed by atoms with Crippen LogP contribution in [0.25, 0.3) is 16.6 Å². The second-order valence-corrected chi connectivity index (χ2v) is 5.55. The van der Waals surface area contributed by atoms with E-state index in [2.05, 4.69) is 6.07 Å². The van der Waals surface area contributed by atoms with Crippen molar-refractivity contribution in [2.75, 3.05) is 13.2 Å². The largest absolute Gasteiger partial charge is 0.494 e. The van der Waals surface area contributed by atoms with Gasteiger partial charge in [0, 0.05) is 17.3 Å². The highest BCUT2D eigenvalue weighted by atomic mass is 35.5. The zero-order chi connectivity index (χ0) is 17.8. The van der Waals surface area contributed by atoms with E-state index >= 15 is 0 Å². The lowest BCUT2D eigenvalue weighted by Crippen LogP contribution is -2.06. The molecule has 2 aromatic carbocycles. The van der Waals surface area contributed by atoms with Crippen LogP contribution in [-0.2, 0) is 0 Å². The minimum Gasteiger partial charge on any atom is -0.494 e. The van der Waals surface area contributed by atoms with Crippen LogP contribution in [-0.4, -0.2) is 28.8 Å². The lowest BCUT2D eigenvalue weighted by Gasteiger charge is -2.08. The molecule has 0 atom stereocenters. The lowest BCUT2D eigenvalue weighted by atomic mass is 10.2. The quantitative estimate of drug-likeness (QED) is 0.647. The number of aromatic nitrogens is 1. The molecule has 0 spiro atoms. The van der Waals surface area contributed by atoms with E-state index in [0.29, 0.717) is 24.5 Å². The fraction of sp³-hybridized carbons (Fsp3) is 0.158. The standard InChI is InChI=1S/C19H17N3O3.ClH/c20-8-1-9-25-16-6-7-18-17(10-16)14(11-21)12-22(18)15-4-2-13(3-5-15)19(23)24;/h2-7,10,12H,1,8-9,20H2,(H,23,24);1H. The first-order valence-electron chi connectivity index (χ1n) is 7.86. The van der Waals surface area contributed by atoms with Crippen molar-refractivity contribution < 1.29 is 14.6 Å². The zero-order valence-electron chi connectivity index (χ0n) is 13.9. The number of rotatable bonds is 6. The van der Waals surface area contributed by atoms with Gasteiger partial charge in [0.25, 0.3) is 0 Å². The summed E-state index contributed by atoms with van der Waals surface area (Å²) in [7, 11) is 0. The average molecular weight is 372 g/mol. The van der Waals surface area contributed by atoms with Gasteiger partial charge in [-0.15, -0.1) is 12.4 Å². The molecule has 0 unspecified atom stereocenters. The summed E-state index contributed by atoms with van der Waals surface area (Å²) in [6.45, 7) is 1.09. The van der Waals surface area contributed by atoms with Crippen LogP contribution in [0.1, 0.15) is 22.3 Å². The number of aromatic carboxylic acids is 1. The number of carboxylic acid groups (broad SMARTS) is 1. The van der Waals surface area contributed by atoms with E-state index in [-0.39, 0.29) is 18.0 Å². The average Bonchev–Trinajstić information content (AvgIpc) is 3.00. The van der Waals surface area contributed by atoms with Gasteiger partial charge in [-0.05, 0) is 55.4 Å². The monoisotopic (exact) mass is 371 g/mol. The molecule has 26 heavy (non-hydrogen) atoms. The molecular formula is C19H18ClN3O3. The summed E-state index contributed by atoms with van der Waals surface area (Å²) in [5.74, 6) is -0.280. The Morgan fingerprint density at radius 1 is 1.23 bits per heavy atom. The van der Waals surface area contributed by atoms with Crippen molar-refractivity contribution in [3.63, 3.8) is 0 Å². The molecule has 0 amide bonds. The maximum atomic E-state index is 11.0. The number of carboxylic acids is 1. The Labute approximate surface area is 156 Å². The van der Waals surface area contributed by atoms with Gasteiger partial charge in [-0.3, -0.25) is 0 Å². The molecule has 7 heteroatoms. The molecule has 3 aromatic rings. The first-order chi connectivity index (χ1) is 12.1. The minimum atomic E-state index is -0.971. The van der Waals surface area contributed by atoms with Crippen LogP contribution in [0, 0.1) is 11.3 Å². The summed E-state index contributed by atoms with van der Waals surface area (Å²) >= 11 is 0. The van der Waals surface area contributed by atoms with Crippen molar-refractivity contribution in [1.82, 2.24) is 4.57 Å². The molecule has 1 aromatic heterocycles. The van der Waals surface area contributed by atoms with E-state index < -0.39 is 5.97 Å². The Kier molecular flexibility index (Phi) is 6.23. The Morgan fingerprint density at radius 2 is 1.96 bits per heavy atom. The highest BCUT2D eigenvalue weighted by molar-refractivity contribution is 5.90. The van der Waals surface area contributed by atoms with Crippen LogP contribution in [0.2, 0.25) is 0 Å². The number of hydrogen-bond acceptors (Lipinski definition) is 4. The molecule has 0 aliphatic carbocycles. The van der Waals surface area contributed by atoms with Gasteiger partial charge in [-0.25, -0.2) is 4.79 Å². The van der Waals surface area contributed by atoms with E-state index in [1.165, 1.54) is 0 Å². The van der Waals surface area contributed by atoms with Gasteiger partial charge in [0.15, 0.2) is 0 Å². The molecule has 3 N–H and O–H groups in total. The number of carbonyl (C=O) groups is 1. The topological polar surface area (TPSA) is 101 Å². The molecule has 3 rings (SSSR count). The summed E-state index contributed by atoms with van der Waals surface area (Å²) in [4.78, 5) is 11.0. The summed E-state index contributed by atoms with van der Waals surface area (Å²) in [6, 6.07) is 14.3. The minimum absolute atomic E-state index is 0. The van der Waals surface area contributed by atoms with Crippen molar-refractivity contribution in [1.29, 1.82) is 5.26 Å². The second kappa shape index (κ2) is 8.39. The fourth-order valence-electron chi connectivity index (χ4n) is 2.64. The predicted octanol–water partition coefficient (Wildman–Crippen LogP) is 3.35. The van der Waals surface area contributed by atoms with Crippen molar-refractivity contribution >= 4 is 29.3 Å².